The van der Waals surface area contributed by atoms with Gasteiger partial charge in [0.15, 0.2) is 0 Å². The van der Waals surface area contributed by atoms with Gasteiger partial charge in [0.05, 0.1) is 11.9 Å². The summed E-state index contributed by atoms with van der Waals surface area (Å²) < 4.78 is 2.01. The zero-order valence-electron chi connectivity index (χ0n) is 10.6. The quantitative estimate of drug-likeness (QED) is 0.879. The Kier molecular flexibility index (Phi) is 3.29. The first kappa shape index (κ1) is 11.9. The zero-order chi connectivity index (χ0) is 12.4. The Morgan fingerprint density at radius 2 is 2.06 bits per heavy atom. The molecule has 0 aliphatic rings. The largest absolute Gasteiger partial charge is 0.324 e. The van der Waals surface area contributed by atoms with Crippen LogP contribution in [0.15, 0.2) is 30.5 Å². The summed E-state index contributed by atoms with van der Waals surface area (Å²) in [4.78, 5) is 0. The first-order valence-corrected chi connectivity index (χ1v) is 6.02. The van der Waals surface area contributed by atoms with Gasteiger partial charge in [-0.1, -0.05) is 24.3 Å². The van der Waals surface area contributed by atoms with Crippen molar-refractivity contribution in [3.05, 3.63) is 41.6 Å². The number of rotatable bonds is 3. The molecule has 0 radical (unpaired) electrons. The molecule has 1 unspecified atom stereocenters. The minimum Gasteiger partial charge on any atom is -0.324 e. The van der Waals surface area contributed by atoms with Gasteiger partial charge in [-0.05, 0) is 26.3 Å². The van der Waals surface area contributed by atoms with Crippen LogP contribution in [0.3, 0.4) is 0 Å². The lowest BCUT2D eigenvalue weighted by atomic mass is 10.00. The van der Waals surface area contributed by atoms with E-state index in [0.717, 1.165) is 17.8 Å². The van der Waals surface area contributed by atoms with Gasteiger partial charge in [-0.2, -0.15) is 5.10 Å². The highest BCUT2D eigenvalue weighted by atomic mass is 15.3. The predicted octanol–water partition coefficient (Wildman–Crippen LogP) is 2.90. The Morgan fingerprint density at radius 1 is 1.35 bits per heavy atom. The molecule has 0 fully saturated rings. The van der Waals surface area contributed by atoms with Crippen molar-refractivity contribution in [2.45, 2.75) is 33.4 Å². The van der Waals surface area contributed by atoms with Gasteiger partial charge in [0.2, 0.25) is 0 Å². The SMILES string of the molecule is CCn1ncc(C(C)N)c1-c1ccccc1C. The normalized spacial score (nSPS) is 12.7. The van der Waals surface area contributed by atoms with E-state index in [-0.39, 0.29) is 6.04 Å². The van der Waals surface area contributed by atoms with Crippen LogP contribution in [-0.4, -0.2) is 9.78 Å². The van der Waals surface area contributed by atoms with Crippen LogP contribution in [-0.2, 0) is 6.54 Å². The van der Waals surface area contributed by atoms with Crippen molar-refractivity contribution >= 4 is 0 Å². The first-order chi connectivity index (χ1) is 8.15. The van der Waals surface area contributed by atoms with Crippen LogP contribution in [0.25, 0.3) is 11.3 Å². The van der Waals surface area contributed by atoms with Gasteiger partial charge in [0.25, 0.3) is 0 Å². The fraction of sp³-hybridized carbons (Fsp3) is 0.357. The van der Waals surface area contributed by atoms with Gasteiger partial charge in [0, 0.05) is 23.7 Å². The van der Waals surface area contributed by atoms with Gasteiger partial charge >= 0.3 is 0 Å². The monoisotopic (exact) mass is 229 g/mol. The number of hydrogen-bond donors (Lipinski definition) is 1. The van der Waals surface area contributed by atoms with Crippen LogP contribution in [0.4, 0.5) is 0 Å². The van der Waals surface area contributed by atoms with Gasteiger partial charge in [-0.15, -0.1) is 0 Å². The molecule has 1 aromatic heterocycles. The Balaban J connectivity index is 2.64. The summed E-state index contributed by atoms with van der Waals surface area (Å²) in [5, 5.41) is 4.41. The number of aryl methyl sites for hydroxylation is 2. The van der Waals surface area contributed by atoms with E-state index in [4.69, 9.17) is 5.73 Å². The van der Waals surface area contributed by atoms with Crippen LogP contribution < -0.4 is 5.73 Å². The second-order valence-corrected chi connectivity index (χ2v) is 4.37. The summed E-state index contributed by atoms with van der Waals surface area (Å²) in [6, 6.07) is 8.36. The molecule has 3 nitrogen and oxygen atoms in total. The third kappa shape index (κ3) is 2.11. The molecule has 1 aromatic carbocycles. The first-order valence-electron chi connectivity index (χ1n) is 6.02. The summed E-state index contributed by atoms with van der Waals surface area (Å²) in [7, 11) is 0. The van der Waals surface area contributed by atoms with E-state index in [9.17, 15) is 0 Å². The summed E-state index contributed by atoms with van der Waals surface area (Å²) in [6.45, 7) is 7.07. The Bertz CT molecular complexity index is 512. The summed E-state index contributed by atoms with van der Waals surface area (Å²) >= 11 is 0. The second-order valence-electron chi connectivity index (χ2n) is 4.37. The van der Waals surface area contributed by atoms with Crippen molar-refractivity contribution in [1.82, 2.24) is 9.78 Å². The third-order valence-electron chi connectivity index (χ3n) is 3.06. The lowest BCUT2D eigenvalue weighted by Crippen LogP contribution is -2.08. The minimum absolute atomic E-state index is 0.00454. The van der Waals surface area contributed by atoms with Crippen molar-refractivity contribution in [1.29, 1.82) is 0 Å². The highest BCUT2D eigenvalue weighted by Gasteiger charge is 2.16. The summed E-state index contributed by atoms with van der Waals surface area (Å²) in [6.07, 6.45) is 1.88. The van der Waals surface area contributed by atoms with Crippen LogP contribution in [0, 0.1) is 6.92 Å². The van der Waals surface area contributed by atoms with Crippen molar-refractivity contribution in [3.63, 3.8) is 0 Å². The average Bonchev–Trinajstić information content (AvgIpc) is 2.73. The maximum Gasteiger partial charge on any atom is 0.0732 e. The Hall–Kier alpha value is -1.61. The number of nitrogens with two attached hydrogens (primary N) is 1. The molecule has 0 bridgehead atoms. The number of benzene rings is 1. The second kappa shape index (κ2) is 4.72. The predicted molar refractivity (Wildman–Crippen MR) is 70.7 cm³/mol. The molecule has 17 heavy (non-hydrogen) atoms. The number of hydrogen-bond acceptors (Lipinski definition) is 2. The highest BCUT2D eigenvalue weighted by Crippen LogP contribution is 2.29. The molecule has 0 aliphatic carbocycles. The van der Waals surface area contributed by atoms with E-state index in [0.29, 0.717) is 0 Å². The van der Waals surface area contributed by atoms with Crippen molar-refractivity contribution in [2.75, 3.05) is 0 Å². The molecule has 0 spiro atoms. The Morgan fingerprint density at radius 3 is 2.65 bits per heavy atom. The lowest BCUT2D eigenvalue weighted by molar-refractivity contribution is 0.665. The average molecular weight is 229 g/mol. The molecule has 1 heterocycles. The number of nitrogens with zero attached hydrogens (tertiary/aromatic N) is 2. The van der Waals surface area contributed by atoms with Crippen molar-refractivity contribution in [2.24, 2.45) is 5.73 Å². The van der Waals surface area contributed by atoms with E-state index in [2.05, 4.69) is 43.2 Å². The van der Waals surface area contributed by atoms with E-state index in [1.54, 1.807) is 0 Å². The standard InChI is InChI=1S/C14H19N3/c1-4-17-14(13(9-16-17)11(3)15)12-8-6-5-7-10(12)2/h5-9,11H,4,15H2,1-3H3. The molecular weight excluding hydrogens is 210 g/mol. The fourth-order valence-electron chi connectivity index (χ4n) is 2.11. The molecule has 0 amide bonds. The van der Waals surface area contributed by atoms with Gasteiger partial charge < -0.3 is 5.73 Å². The maximum absolute atomic E-state index is 6.02. The minimum atomic E-state index is 0.00454. The van der Waals surface area contributed by atoms with Gasteiger partial charge in [-0.3, -0.25) is 4.68 Å². The summed E-state index contributed by atoms with van der Waals surface area (Å²) in [5.74, 6) is 0. The van der Waals surface area contributed by atoms with Crippen LogP contribution in [0.5, 0.6) is 0 Å². The van der Waals surface area contributed by atoms with Crippen LogP contribution in [0.2, 0.25) is 0 Å². The van der Waals surface area contributed by atoms with E-state index in [1.165, 1.54) is 11.1 Å². The fourth-order valence-corrected chi connectivity index (χ4v) is 2.11. The molecule has 1 atom stereocenters. The molecule has 2 aromatic rings. The molecule has 0 saturated heterocycles. The topological polar surface area (TPSA) is 43.8 Å². The molecule has 90 valence electrons. The van der Waals surface area contributed by atoms with Crippen molar-refractivity contribution in [3.8, 4) is 11.3 Å². The van der Waals surface area contributed by atoms with Gasteiger partial charge in [-0.25, -0.2) is 0 Å². The van der Waals surface area contributed by atoms with E-state index < -0.39 is 0 Å². The summed E-state index contributed by atoms with van der Waals surface area (Å²) in [5.41, 5.74) is 10.8. The Labute approximate surface area is 102 Å². The van der Waals surface area contributed by atoms with Crippen LogP contribution in [0.1, 0.15) is 31.0 Å². The highest BCUT2D eigenvalue weighted by molar-refractivity contribution is 5.67. The van der Waals surface area contributed by atoms with Gasteiger partial charge in [0.1, 0.15) is 0 Å². The molecule has 0 aliphatic heterocycles. The molecule has 3 heteroatoms. The molecular formula is C14H19N3. The van der Waals surface area contributed by atoms with E-state index in [1.807, 2.05) is 17.8 Å². The number of aromatic nitrogens is 2. The smallest absolute Gasteiger partial charge is 0.0732 e. The molecule has 0 saturated carbocycles. The van der Waals surface area contributed by atoms with Crippen molar-refractivity contribution < 1.29 is 0 Å². The maximum atomic E-state index is 6.02. The molecule has 2 N–H and O–H groups in total. The zero-order valence-corrected chi connectivity index (χ0v) is 10.6. The van der Waals surface area contributed by atoms with Crippen LogP contribution >= 0.6 is 0 Å². The lowest BCUT2D eigenvalue weighted by Gasteiger charge is -2.12. The van der Waals surface area contributed by atoms with E-state index >= 15 is 0 Å². The third-order valence-corrected chi connectivity index (χ3v) is 3.06. The molecule has 2 rings (SSSR count).